The fourth-order valence-electron chi connectivity index (χ4n) is 0. The second-order valence-corrected chi connectivity index (χ2v) is 0.238. The molecule has 6 heteroatoms. The maximum atomic E-state index is 8.36. The molecule has 0 aliphatic rings. The first-order valence-electron chi connectivity index (χ1n) is 0.565. The molecule has 0 aromatic heterocycles. The van der Waals surface area contributed by atoms with Gasteiger partial charge in [-0.1, -0.05) is 0 Å². The molecule has 3 N–H and O–H groups in total. The third kappa shape index (κ3) is 625. The minimum Gasteiger partial charge on any atom is -0.412 e. The number of rotatable bonds is 0. The number of hydrogen-bond acceptors (Lipinski definition) is 2. The van der Waals surface area contributed by atoms with E-state index in [0.29, 0.717) is 0 Å². The van der Waals surface area contributed by atoms with Crippen LogP contribution in [-0.4, -0.2) is 15.8 Å². The molecule has 0 spiro atoms. The Hall–Kier alpha value is -0.217. The molecule has 5 nitrogen and oxygen atoms in total. The number of nitrogens with zero attached hydrogens (tertiary/aromatic N) is 1. The fraction of sp³-hybridized carbons (Fsp3) is 0. The van der Waals surface area contributed by atoms with E-state index in [9.17, 15) is 0 Å². The molecule has 0 atom stereocenters. The molecule has 0 saturated carbocycles. The minimum absolute atomic E-state index is 0. The molecule has 0 aliphatic carbocycles. The topological polar surface area (TPSA) is 94.9 Å². The van der Waals surface area contributed by atoms with Crippen molar-refractivity contribution < 1.29 is 35.2 Å². The van der Waals surface area contributed by atoms with E-state index in [1.165, 1.54) is 0 Å². The molecule has 0 unspecified atom stereocenters. The molecule has 0 bridgehead atoms. The van der Waals surface area contributed by atoms with Gasteiger partial charge in [-0.05, 0) is 0 Å². The van der Waals surface area contributed by atoms with Gasteiger partial charge in [0, 0.05) is 19.5 Å². The molecule has 0 saturated heterocycles. The summed E-state index contributed by atoms with van der Waals surface area (Å²) < 4.78 is 0. The van der Waals surface area contributed by atoms with Gasteiger partial charge in [-0.25, -0.2) is 0 Å². The molecule has 0 aromatic carbocycles. The van der Waals surface area contributed by atoms with E-state index < -0.39 is 5.09 Å². The predicted octanol–water partition coefficient (Wildman–Crippen LogP) is -1.17. The molecular weight excluding hydrogens is 181 g/mol. The van der Waals surface area contributed by atoms with Gasteiger partial charge in [0.1, 0.15) is 0 Å². The number of hydrogen-bond donors (Lipinski definition) is 1. The van der Waals surface area contributed by atoms with Crippen LogP contribution in [0.4, 0.5) is 0 Å². The van der Waals surface area contributed by atoms with Crippen LogP contribution in [0, 0.1) is 10.1 Å². The van der Waals surface area contributed by atoms with Gasteiger partial charge >= 0.3 is 0 Å². The van der Waals surface area contributed by atoms with E-state index in [1.54, 1.807) is 0 Å². The van der Waals surface area contributed by atoms with Crippen LogP contribution in [0.2, 0.25) is 0 Å². The van der Waals surface area contributed by atoms with Gasteiger partial charge in [-0.3, -0.25) is 0 Å². The first-order valence-corrected chi connectivity index (χ1v) is 0.565. The summed E-state index contributed by atoms with van der Waals surface area (Å²) in [6.45, 7) is 0. The quantitative estimate of drug-likeness (QED) is 0.291. The third-order valence-electron chi connectivity index (χ3n) is 0. The Morgan fingerprint density at radius 2 is 1.67 bits per heavy atom. The maximum Gasteiger partial charge on any atom is 0.291 e. The summed E-state index contributed by atoms with van der Waals surface area (Å²) in [5.41, 5.74) is 0. The monoisotopic (exact) mass is 184 g/mol. The zero-order valence-corrected chi connectivity index (χ0v) is 4.18. The summed E-state index contributed by atoms with van der Waals surface area (Å²) in [6, 6.07) is 0. The standard InChI is InChI=1S/HNO3.H2O.Rh/c2-1(3)4;;/h(H,2,3,4);1H2;. The van der Waals surface area contributed by atoms with Crippen molar-refractivity contribution in [1.29, 1.82) is 0 Å². The Labute approximate surface area is 46.1 Å². The first kappa shape index (κ1) is 17.1. The van der Waals surface area contributed by atoms with E-state index in [-0.39, 0.29) is 25.0 Å². The largest absolute Gasteiger partial charge is 0.412 e. The van der Waals surface area contributed by atoms with Crippen LogP contribution < -0.4 is 0 Å². The molecular formula is H3NO4Rh. The molecule has 0 heterocycles. The van der Waals surface area contributed by atoms with Gasteiger partial charge < -0.3 is 10.7 Å². The molecule has 0 aliphatic heterocycles. The maximum absolute atomic E-state index is 8.36. The molecule has 0 rings (SSSR count). The summed E-state index contributed by atoms with van der Waals surface area (Å²) in [6.07, 6.45) is 0. The Morgan fingerprint density at radius 1 is 1.67 bits per heavy atom. The zero-order valence-electron chi connectivity index (χ0n) is 2.54. The second kappa shape index (κ2) is 8.84. The van der Waals surface area contributed by atoms with E-state index >= 15 is 0 Å². The average Bonchev–Trinajstić information content (AvgIpc) is 0.811. The normalized spacial score (nSPS) is 4.00. The van der Waals surface area contributed by atoms with Crippen LogP contribution in [-0.2, 0) is 19.5 Å². The summed E-state index contributed by atoms with van der Waals surface area (Å²) in [5, 5.41) is 13.6. The molecule has 0 amide bonds. The molecule has 6 heavy (non-hydrogen) atoms. The summed E-state index contributed by atoms with van der Waals surface area (Å²) >= 11 is 0. The van der Waals surface area contributed by atoms with E-state index in [2.05, 4.69) is 0 Å². The van der Waals surface area contributed by atoms with Crippen LogP contribution in [0.15, 0.2) is 0 Å². The van der Waals surface area contributed by atoms with Crippen molar-refractivity contribution in [1.82, 2.24) is 0 Å². The van der Waals surface area contributed by atoms with Gasteiger partial charge in [-0.2, -0.15) is 0 Å². The van der Waals surface area contributed by atoms with Crippen molar-refractivity contribution >= 4 is 0 Å². The summed E-state index contributed by atoms with van der Waals surface area (Å²) in [4.78, 5) is 8.36. The van der Waals surface area contributed by atoms with Crippen molar-refractivity contribution in [2.75, 3.05) is 0 Å². The average molecular weight is 184 g/mol. The van der Waals surface area contributed by atoms with Crippen LogP contribution in [0.1, 0.15) is 0 Å². The molecule has 0 fully saturated rings. The Balaban J connectivity index is -0.0000000450. The van der Waals surface area contributed by atoms with E-state index in [1.807, 2.05) is 0 Å². The van der Waals surface area contributed by atoms with Gasteiger partial charge in [0.15, 0.2) is 0 Å². The molecule has 1 radical (unpaired) electrons. The smallest absolute Gasteiger partial charge is 0.291 e. The third-order valence-corrected chi connectivity index (χ3v) is 0. The van der Waals surface area contributed by atoms with Crippen LogP contribution in [0.5, 0.6) is 0 Å². The Bertz CT molecular complexity index is 30.5. The van der Waals surface area contributed by atoms with Crippen LogP contribution >= 0.6 is 0 Å². The van der Waals surface area contributed by atoms with Gasteiger partial charge in [0.2, 0.25) is 0 Å². The van der Waals surface area contributed by atoms with Gasteiger partial charge in [0.25, 0.3) is 5.09 Å². The predicted molar refractivity (Wildman–Crippen MR) is 12.4 cm³/mol. The van der Waals surface area contributed by atoms with Crippen molar-refractivity contribution in [2.45, 2.75) is 0 Å². The minimum atomic E-state index is -1.50. The SMILES string of the molecule is O.O=[N+]([O-])O.[Rh]. The summed E-state index contributed by atoms with van der Waals surface area (Å²) in [5.74, 6) is 0. The van der Waals surface area contributed by atoms with Crippen LogP contribution in [0.25, 0.3) is 0 Å². The molecule has 0 aromatic rings. The fourth-order valence-corrected chi connectivity index (χ4v) is 0. The first-order chi connectivity index (χ1) is 1.73. The van der Waals surface area contributed by atoms with Crippen LogP contribution in [0.3, 0.4) is 0 Å². The van der Waals surface area contributed by atoms with E-state index in [0.717, 1.165) is 0 Å². The Kier molecular flexibility index (Phi) is 25.2. The van der Waals surface area contributed by atoms with Crippen molar-refractivity contribution in [3.8, 4) is 0 Å². The van der Waals surface area contributed by atoms with Gasteiger partial charge in [-0.15, -0.1) is 10.1 Å². The van der Waals surface area contributed by atoms with Crippen molar-refractivity contribution in [3.05, 3.63) is 10.1 Å². The molecule has 41 valence electrons. The van der Waals surface area contributed by atoms with Gasteiger partial charge in [0.05, 0.1) is 0 Å². The Morgan fingerprint density at radius 3 is 1.67 bits per heavy atom. The summed E-state index contributed by atoms with van der Waals surface area (Å²) in [7, 11) is 0. The van der Waals surface area contributed by atoms with Crippen molar-refractivity contribution in [2.24, 2.45) is 0 Å². The second-order valence-electron chi connectivity index (χ2n) is 0.238. The van der Waals surface area contributed by atoms with E-state index in [4.69, 9.17) is 15.3 Å². The zero-order chi connectivity index (χ0) is 3.58. The van der Waals surface area contributed by atoms with Crippen molar-refractivity contribution in [3.63, 3.8) is 0 Å².